The van der Waals surface area contributed by atoms with Gasteiger partial charge in [0, 0.05) is 29.6 Å². The monoisotopic (exact) mass is 740 g/mol. The third kappa shape index (κ3) is 6.14. The van der Waals surface area contributed by atoms with Crippen LogP contribution in [-0.4, -0.2) is 88.5 Å². The highest BCUT2D eigenvalue weighted by molar-refractivity contribution is 6.73. The summed E-state index contributed by atoms with van der Waals surface area (Å²) >= 11 is 0. The van der Waals surface area contributed by atoms with Crippen molar-refractivity contribution in [1.82, 2.24) is 0 Å². The zero-order valence-electron chi connectivity index (χ0n) is 31.6. The number of rotatable bonds is 11. The number of carbonyl (C=O) groups excluding carboxylic acids is 3. The van der Waals surface area contributed by atoms with Gasteiger partial charge >= 0.3 is 11.9 Å². The molecular formula is C37H54N3O9Si2. The number of carbonyl (C=O) groups is 3. The summed E-state index contributed by atoms with van der Waals surface area (Å²) in [6, 6.07) is 10.1. The molecule has 1 aromatic rings. The number of azide groups is 1. The molecule has 0 spiro atoms. The van der Waals surface area contributed by atoms with Crippen LogP contribution in [0.1, 0.15) is 78.6 Å². The van der Waals surface area contributed by atoms with E-state index in [4.69, 9.17) is 23.1 Å². The molecule has 2 bridgehead atoms. The van der Waals surface area contributed by atoms with E-state index in [2.05, 4.69) is 30.8 Å². The Hall–Kier alpha value is -2.85. The van der Waals surface area contributed by atoms with Gasteiger partial charge in [-0.05, 0) is 74.7 Å². The maximum absolute atomic E-state index is 15.8. The Labute approximate surface area is 304 Å². The Kier molecular flexibility index (Phi) is 10.9. The van der Waals surface area contributed by atoms with Crippen molar-refractivity contribution in [2.45, 2.75) is 141 Å². The van der Waals surface area contributed by atoms with Gasteiger partial charge < -0.3 is 28.2 Å². The minimum Gasteiger partial charge on any atom is -0.455 e. The van der Waals surface area contributed by atoms with Crippen molar-refractivity contribution in [3.8, 4) is 0 Å². The normalized spacial score (nSPS) is 35.7. The van der Waals surface area contributed by atoms with Crippen LogP contribution in [0, 0.1) is 16.7 Å². The van der Waals surface area contributed by atoms with E-state index in [1.165, 1.54) is 6.92 Å². The number of hydrogen-bond acceptors (Lipinski definition) is 10. The lowest BCUT2D eigenvalue weighted by Gasteiger charge is -2.69. The van der Waals surface area contributed by atoms with Crippen LogP contribution in [0.4, 0.5) is 0 Å². The molecule has 4 aliphatic rings. The molecule has 3 aliphatic carbocycles. The molecule has 1 aromatic carbocycles. The summed E-state index contributed by atoms with van der Waals surface area (Å²) < 4.78 is 33.4. The Bertz CT molecular complexity index is 1600. The number of hydrogen-bond donors (Lipinski definition) is 1. The van der Waals surface area contributed by atoms with Crippen molar-refractivity contribution in [3.05, 3.63) is 57.5 Å². The maximum Gasteiger partial charge on any atom is 0.338 e. The lowest BCUT2D eigenvalue weighted by molar-refractivity contribution is -0.340. The van der Waals surface area contributed by atoms with E-state index >= 15 is 4.79 Å². The Morgan fingerprint density at radius 2 is 1.73 bits per heavy atom. The third-order valence-electron chi connectivity index (χ3n) is 12.7. The Balaban J connectivity index is 1.93. The van der Waals surface area contributed by atoms with E-state index < -0.39 is 93.5 Å². The summed E-state index contributed by atoms with van der Waals surface area (Å²) in [7, 11) is -4.09. The highest BCUT2D eigenvalue weighted by atomic mass is 28.4. The van der Waals surface area contributed by atoms with Gasteiger partial charge in [0.15, 0.2) is 20.2 Å². The van der Waals surface area contributed by atoms with Gasteiger partial charge in [-0.25, -0.2) is 4.79 Å². The summed E-state index contributed by atoms with van der Waals surface area (Å²) in [4.78, 5) is 46.3. The van der Waals surface area contributed by atoms with Gasteiger partial charge in [0.1, 0.15) is 17.3 Å². The van der Waals surface area contributed by atoms with Gasteiger partial charge in [-0.3, -0.25) is 9.59 Å². The van der Waals surface area contributed by atoms with Crippen LogP contribution in [0.15, 0.2) is 46.6 Å². The van der Waals surface area contributed by atoms with Gasteiger partial charge in [0.25, 0.3) is 0 Å². The van der Waals surface area contributed by atoms with Crippen molar-refractivity contribution in [2.24, 2.45) is 21.9 Å². The molecule has 0 unspecified atom stereocenters. The first-order valence-electron chi connectivity index (χ1n) is 18.2. The van der Waals surface area contributed by atoms with Crippen molar-refractivity contribution in [2.75, 3.05) is 6.61 Å². The highest BCUT2D eigenvalue weighted by Crippen LogP contribution is 2.65. The van der Waals surface area contributed by atoms with Crippen molar-refractivity contribution in [1.29, 1.82) is 0 Å². The molecular weight excluding hydrogens is 687 g/mol. The second-order valence-electron chi connectivity index (χ2n) is 15.7. The largest absolute Gasteiger partial charge is 0.455 e. The quantitative estimate of drug-likeness (QED) is 0.0648. The minimum atomic E-state index is -2.43. The molecule has 12 nitrogen and oxygen atoms in total. The third-order valence-corrected chi connectivity index (χ3v) is 18.2. The van der Waals surface area contributed by atoms with Crippen LogP contribution in [0.5, 0.6) is 0 Å². The van der Waals surface area contributed by atoms with Crippen LogP contribution in [0.3, 0.4) is 0 Å². The molecule has 1 saturated heterocycles. The standard InChI is InChI=1S/C37H54N3O9Si2/c1-11-51(12-2,13-3)48-26-19-27-36(44,21-45-27)30-32(47-33(43)24-17-15-14-16-18-24)37(49-50(9)10)20-25(39-40-38)22(4)28(34(37,6)7)29(46-23(5)41)31(42)35(26,30)8/h14-18,25-27,29-30,32,44H,11-13,19-21H2,1-10H3/t25-,26+,27-,29-,30+,32+,35-,36+,37-/m1/s1. The molecule has 279 valence electrons. The molecule has 0 aromatic heterocycles. The Morgan fingerprint density at radius 3 is 2.24 bits per heavy atom. The van der Waals surface area contributed by atoms with E-state index in [1.807, 2.05) is 26.9 Å². The molecule has 1 radical (unpaired) electrons. The number of benzene rings is 1. The Morgan fingerprint density at radius 1 is 1.10 bits per heavy atom. The number of ketones is 1. The number of ether oxygens (including phenoxy) is 3. The molecule has 5 rings (SSSR count). The molecule has 14 heteroatoms. The zero-order valence-corrected chi connectivity index (χ0v) is 33.6. The van der Waals surface area contributed by atoms with Crippen molar-refractivity contribution >= 4 is 35.1 Å². The average molecular weight is 741 g/mol. The summed E-state index contributed by atoms with van der Waals surface area (Å²) in [6.45, 7) is 18.8. The number of Topliss-reactive ketones (excluding diaryl/α,β-unsaturated/α-hetero) is 1. The van der Waals surface area contributed by atoms with Crippen LogP contribution < -0.4 is 0 Å². The minimum absolute atomic E-state index is 0.0836. The lowest BCUT2D eigenvalue weighted by atomic mass is 9.44. The summed E-state index contributed by atoms with van der Waals surface area (Å²) in [5.41, 5.74) is 5.29. The first-order valence-corrected chi connectivity index (χ1v) is 23.1. The number of esters is 2. The summed E-state index contributed by atoms with van der Waals surface area (Å²) in [5.74, 6) is -2.91. The van der Waals surface area contributed by atoms with Crippen LogP contribution in [0.2, 0.25) is 31.2 Å². The zero-order chi connectivity index (χ0) is 37.7. The summed E-state index contributed by atoms with van der Waals surface area (Å²) in [5, 5.41) is 17.1. The fourth-order valence-corrected chi connectivity index (χ4v) is 13.8. The van der Waals surface area contributed by atoms with Crippen molar-refractivity contribution in [3.63, 3.8) is 0 Å². The summed E-state index contributed by atoms with van der Waals surface area (Å²) in [6.07, 6.45) is -3.88. The first kappa shape index (κ1) is 39.4. The van der Waals surface area contributed by atoms with E-state index in [1.54, 1.807) is 44.2 Å². The van der Waals surface area contributed by atoms with Gasteiger partial charge in [0.2, 0.25) is 9.04 Å². The van der Waals surface area contributed by atoms with Gasteiger partial charge in [-0.15, -0.1) is 0 Å². The molecule has 1 N–H and O–H groups in total. The first-order chi connectivity index (χ1) is 23.9. The molecule has 0 amide bonds. The second kappa shape index (κ2) is 14.2. The highest BCUT2D eigenvalue weighted by Gasteiger charge is 2.77. The van der Waals surface area contributed by atoms with E-state index in [0.717, 1.165) is 18.1 Å². The molecule has 3 fully saturated rings. The fourth-order valence-electron chi connectivity index (χ4n) is 9.72. The molecule has 1 aliphatic heterocycles. The SMILES string of the molecule is CC[Si](CC)(CC)O[C@H]1C[C@H]2OC[C@@]2(O)[C@H]2[C@H](OC(=O)c3ccccc3)[C@]3(O[Si](C)C)C[C@@H](N=[N+]=[N-])C(C)=C([C@@H](OC(C)=O)C(=O)[C@]12C)C3(C)C. The predicted molar refractivity (Wildman–Crippen MR) is 195 cm³/mol. The van der Waals surface area contributed by atoms with E-state index in [9.17, 15) is 20.2 Å². The number of aliphatic hydroxyl groups is 1. The van der Waals surface area contributed by atoms with Gasteiger partial charge in [-0.1, -0.05) is 63.5 Å². The lowest BCUT2D eigenvalue weighted by Crippen LogP contribution is -2.82. The van der Waals surface area contributed by atoms with Gasteiger partial charge in [-0.2, -0.15) is 0 Å². The van der Waals surface area contributed by atoms with Crippen LogP contribution in [0.25, 0.3) is 10.4 Å². The molecule has 1 heterocycles. The smallest absolute Gasteiger partial charge is 0.338 e. The van der Waals surface area contributed by atoms with Gasteiger partial charge in [0.05, 0.1) is 35.8 Å². The molecule has 2 saturated carbocycles. The molecule has 9 atom stereocenters. The predicted octanol–water partition coefficient (Wildman–Crippen LogP) is 6.70. The topological polar surface area (TPSA) is 166 Å². The van der Waals surface area contributed by atoms with Crippen molar-refractivity contribution < 1.29 is 42.6 Å². The number of nitrogens with zero attached hydrogens (tertiary/aromatic N) is 3. The van der Waals surface area contributed by atoms with E-state index in [0.29, 0.717) is 11.1 Å². The maximum atomic E-state index is 15.8. The van der Waals surface area contributed by atoms with Crippen LogP contribution in [-0.2, 0) is 32.7 Å². The van der Waals surface area contributed by atoms with E-state index in [-0.39, 0.29) is 25.0 Å². The van der Waals surface area contributed by atoms with Crippen LogP contribution >= 0.6 is 0 Å². The molecule has 51 heavy (non-hydrogen) atoms. The second-order valence-corrected chi connectivity index (χ2v) is 22.5. The fraction of sp³-hybridized carbons (Fsp3) is 0.703. The number of fused-ring (bicyclic) bond motifs is 5. The average Bonchev–Trinajstić information content (AvgIpc) is 3.08.